The highest BCUT2D eigenvalue weighted by atomic mass is 32.2. The summed E-state index contributed by atoms with van der Waals surface area (Å²) in [5, 5.41) is 3.88. The van der Waals surface area contributed by atoms with Gasteiger partial charge in [0.1, 0.15) is 0 Å². The monoisotopic (exact) mass is 337 g/mol. The number of nitrogens with zero attached hydrogens (tertiary/aromatic N) is 3. The summed E-state index contributed by atoms with van der Waals surface area (Å²) in [5.41, 5.74) is 0.788. The van der Waals surface area contributed by atoms with Gasteiger partial charge in [-0.25, -0.2) is 8.42 Å². The molecule has 2 heterocycles. The number of rotatable bonds is 7. The second-order valence-electron chi connectivity index (χ2n) is 5.55. The Morgan fingerprint density at radius 2 is 2.04 bits per heavy atom. The minimum atomic E-state index is -3.30. The molecule has 1 aromatic carbocycles. The summed E-state index contributed by atoms with van der Waals surface area (Å²) in [5.74, 6) is 1.09. The zero-order chi connectivity index (χ0) is 16.3. The average Bonchev–Trinajstić information content (AvgIpc) is 2.92. The lowest BCUT2D eigenvalue weighted by Gasteiger charge is -2.35. The van der Waals surface area contributed by atoms with Gasteiger partial charge in [-0.1, -0.05) is 35.5 Å². The maximum Gasteiger partial charge on any atom is 0.232 e. The molecule has 0 amide bonds. The third kappa shape index (κ3) is 3.77. The normalized spacial score (nSPS) is 16.4. The fourth-order valence-electron chi connectivity index (χ4n) is 2.43. The quantitative estimate of drug-likeness (QED) is 0.754. The third-order valence-corrected chi connectivity index (χ3v) is 5.58. The molecule has 0 bridgehead atoms. The first-order chi connectivity index (χ1) is 11.1. The van der Waals surface area contributed by atoms with E-state index in [1.165, 1.54) is 4.31 Å². The molecular weight excluding hydrogens is 318 g/mol. The Balaban J connectivity index is 1.56. The molecule has 0 saturated carbocycles. The van der Waals surface area contributed by atoms with Crippen molar-refractivity contribution in [2.24, 2.45) is 0 Å². The van der Waals surface area contributed by atoms with Gasteiger partial charge in [-0.3, -0.25) is 0 Å². The van der Waals surface area contributed by atoms with E-state index < -0.39 is 10.0 Å². The Morgan fingerprint density at radius 1 is 1.30 bits per heavy atom. The molecule has 0 spiro atoms. The summed E-state index contributed by atoms with van der Waals surface area (Å²) in [4.78, 5) is 4.29. The Labute approximate surface area is 135 Å². The van der Waals surface area contributed by atoms with Crippen LogP contribution in [0.1, 0.15) is 23.2 Å². The van der Waals surface area contributed by atoms with Gasteiger partial charge in [0, 0.05) is 26.6 Å². The van der Waals surface area contributed by atoms with Crippen LogP contribution in [0.15, 0.2) is 34.9 Å². The van der Waals surface area contributed by atoms with Crippen LogP contribution in [0, 0.1) is 0 Å². The second-order valence-corrected chi connectivity index (χ2v) is 7.52. The van der Waals surface area contributed by atoms with Crippen molar-refractivity contribution >= 4 is 10.0 Å². The Hall–Kier alpha value is -1.77. The highest BCUT2D eigenvalue weighted by Gasteiger charge is 2.39. The standard InChI is InChI=1S/C15H19N3O4S/c1-21-8-7-14-16-15(22-17-14)13-9-18(10-13)23(19,20)11-12-5-3-2-4-6-12/h2-6,13H,7-11H2,1H3. The molecule has 0 atom stereocenters. The molecule has 23 heavy (non-hydrogen) atoms. The summed E-state index contributed by atoms with van der Waals surface area (Å²) in [6.45, 7) is 1.31. The largest absolute Gasteiger partial charge is 0.384 e. The SMILES string of the molecule is COCCc1noc(C2CN(S(=O)(=O)Cc3ccccc3)C2)n1. The maximum atomic E-state index is 12.3. The molecule has 1 saturated heterocycles. The van der Waals surface area contributed by atoms with E-state index in [0.717, 1.165) is 5.56 Å². The fraction of sp³-hybridized carbons (Fsp3) is 0.467. The topological polar surface area (TPSA) is 85.5 Å². The van der Waals surface area contributed by atoms with Crippen molar-refractivity contribution in [2.45, 2.75) is 18.1 Å². The van der Waals surface area contributed by atoms with E-state index in [-0.39, 0.29) is 11.7 Å². The fourth-order valence-corrected chi connectivity index (χ4v) is 4.04. The average molecular weight is 337 g/mol. The molecule has 124 valence electrons. The highest BCUT2D eigenvalue weighted by molar-refractivity contribution is 7.88. The van der Waals surface area contributed by atoms with Gasteiger partial charge in [0.05, 0.1) is 18.3 Å². The van der Waals surface area contributed by atoms with Crippen LogP contribution in [0.4, 0.5) is 0 Å². The molecule has 8 heteroatoms. The van der Waals surface area contributed by atoms with Crippen LogP contribution in [0.5, 0.6) is 0 Å². The molecule has 1 fully saturated rings. The highest BCUT2D eigenvalue weighted by Crippen LogP contribution is 2.29. The van der Waals surface area contributed by atoms with E-state index in [0.29, 0.717) is 37.8 Å². The first-order valence-corrected chi connectivity index (χ1v) is 9.02. The molecule has 0 N–H and O–H groups in total. The smallest absolute Gasteiger partial charge is 0.232 e. The lowest BCUT2D eigenvalue weighted by molar-refractivity contribution is 0.199. The predicted octanol–water partition coefficient (Wildman–Crippen LogP) is 1.19. The van der Waals surface area contributed by atoms with Gasteiger partial charge in [-0.05, 0) is 5.56 Å². The molecule has 7 nitrogen and oxygen atoms in total. The van der Waals surface area contributed by atoms with Crippen molar-refractivity contribution in [1.82, 2.24) is 14.4 Å². The van der Waals surface area contributed by atoms with Gasteiger partial charge >= 0.3 is 0 Å². The first kappa shape index (κ1) is 16.1. The van der Waals surface area contributed by atoms with Crippen LogP contribution in [-0.2, 0) is 26.9 Å². The number of benzene rings is 1. The molecule has 2 aromatic rings. The zero-order valence-electron chi connectivity index (χ0n) is 12.9. The number of ether oxygens (including phenoxy) is 1. The molecule has 1 aromatic heterocycles. The zero-order valence-corrected chi connectivity index (χ0v) is 13.7. The van der Waals surface area contributed by atoms with Crippen LogP contribution < -0.4 is 0 Å². The number of hydrogen-bond donors (Lipinski definition) is 0. The van der Waals surface area contributed by atoms with E-state index >= 15 is 0 Å². The number of sulfonamides is 1. The lowest BCUT2D eigenvalue weighted by atomic mass is 10.0. The number of aromatic nitrogens is 2. The van der Waals surface area contributed by atoms with Crippen molar-refractivity contribution in [1.29, 1.82) is 0 Å². The van der Waals surface area contributed by atoms with Crippen LogP contribution in [0.2, 0.25) is 0 Å². The molecule has 1 aliphatic rings. The second kappa shape index (κ2) is 6.77. The van der Waals surface area contributed by atoms with Crippen LogP contribution >= 0.6 is 0 Å². The van der Waals surface area contributed by atoms with Crippen molar-refractivity contribution in [2.75, 3.05) is 26.8 Å². The number of methoxy groups -OCH3 is 1. The van der Waals surface area contributed by atoms with Gasteiger partial charge < -0.3 is 9.26 Å². The summed E-state index contributed by atoms with van der Waals surface area (Å²) in [6.07, 6.45) is 0.586. The van der Waals surface area contributed by atoms with E-state index in [1.54, 1.807) is 7.11 Å². The summed E-state index contributed by atoms with van der Waals surface area (Å²) < 4.78 is 36.3. The Morgan fingerprint density at radius 3 is 2.74 bits per heavy atom. The molecular formula is C15H19N3O4S. The Kier molecular flexibility index (Phi) is 4.74. The molecule has 3 rings (SSSR count). The summed E-state index contributed by atoms with van der Waals surface area (Å²) in [7, 11) is -1.69. The van der Waals surface area contributed by atoms with E-state index in [2.05, 4.69) is 10.1 Å². The minimum absolute atomic E-state index is 0.0173. The van der Waals surface area contributed by atoms with E-state index in [9.17, 15) is 8.42 Å². The van der Waals surface area contributed by atoms with Crippen molar-refractivity contribution in [3.63, 3.8) is 0 Å². The molecule has 0 unspecified atom stereocenters. The van der Waals surface area contributed by atoms with E-state index in [4.69, 9.17) is 9.26 Å². The van der Waals surface area contributed by atoms with Crippen LogP contribution in [-0.4, -0.2) is 49.7 Å². The summed E-state index contributed by atoms with van der Waals surface area (Å²) >= 11 is 0. The van der Waals surface area contributed by atoms with Crippen LogP contribution in [0.3, 0.4) is 0 Å². The number of hydrogen-bond acceptors (Lipinski definition) is 6. The summed E-state index contributed by atoms with van der Waals surface area (Å²) in [6, 6.07) is 9.17. The van der Waals surface area contributed by atoms with Crippen molar-refractivity contribution < 1.29 is 17.7 Å². The maximum absolute atomic E-state index is 12.3. The predicted molar refractivity (Wildman–Crippen MR) is 83.3 cm³/mol. The Bertz CT molecular complexity index is 739. The van der Waals surface area contributed by atoms with Gasteiger partial charge in [-0.2, -0.15) is 9.29 Å². The third-order valence-electron chi connectivity index (χ3n) is 3.80. The molecule has 1 aliphatic heterocycles. The molecule has 0 radical (unpaired) electrons. The van der Waals surface area contributed by atoms with Gasteiger partial charge in [0.2, 0.25) is 15.9 Å². The minimum Gasteiger partial charge on any atom is -0.384 e. The lowest BCUT2D eigenvalue weighted by Crippen LogP contribution is -2.48. The van der Waals surface area contributed by atoms with Crippen molar-refractivity contribution in [3.8, 4) is 0 Å². The first-order valence-electron chi connectivity index (χ1n) is 7.41. The van der Waals surface area contributed by atoms with Gasteiger partial charge in [-0.15, -0.1) is 0 Å². The molecule has 0 aliphatic carbocycles. The van der Waals surface area contributed by atoms with E-state index in [1.807, 2.05) is 30.3 Å². The van der Waals surface area contributed by atoms with Gasteiger partial charge in [0.15, 0.2) is 5.82 Å². The van der Waals surface area contributed by atoms with Gasteiger partial charge in [0.25, 0.3) is 0 Å². The van der Waals surface area contributed by atoms with Crippen molar-refractivity contribution in [3.05, 3.63) is 47.6 Å². The van der Waals surface area contributed by atoms with Crippen LogP contribution in [0.25, 0.3) is 0 Å².